The van der Waals surface area contributed by atoms with Crippen molar-refractivity contribution in [1.29, 1.82) is 5.26 Å². The Kier molecular flexibility index (Phi) is 3.87. The van der Waals surface area contributed by atoms with E-state index >= 15 is 0 Å². The molecule has 0 saturated carbocycles. The maximum Gasteiger partial charge on any atom is 0.174 e. The van der Waals surface area contributed by atoms with Gasteiger partial charge in [0.25, 0.3) is 0 Å². The Balaban J connectivity index is 1.96. The first-order chi connectivity index (χ1) is 8.29. The lowest BCUT2D eigenvalue weighted by Gasteiger charge is -2.32. The molecule has 3 heteroatoms. The van der Waals surface area contributed by atoms with Crippen molar-refractivity contribution >= 4 is 5.69 Å². The minimum Gasteiger partial charge on any atom is -0.479 e. The van der Waals surface area contributed by atoms with Gasteiger partial charge in [-0.3, -0.25) is 0 Å². The molecule has 90 valence electrons. The second kappa shape index (κ2) is 5.58. The van der Waals surface area contributed by atoms with E-state index in [1.807, 2.05) is 18.2 Å². The van der Waals surface area contributed by atoms with E-state index in [0.717, 1.165) is 24.8 Å². The second-order valence-corrected chi connectivity index (χ2v) is 4.61. The first kappa shape index (κ1) is 11.8. The highest BCUT2D eigenvalue weighted by Gasteiger charge is 2.15. The lowest BCUT2D eigenvalue weighted by molar-refractivity contribution is 0.368. The Morgan fingerprint density at radius 1 is 1.29 bits per heavy atom. The smallest absolute Gasteiger partial charge is 0.174 e. The van der Waals surface area contributed by atoms with E-state index < -0.39 is 0 Å². The number of hydrogen-bond donors (Lipinski definition) is 0. The first-order valence-corrected chi connectivity index (χ1v) is 6.14. The molecule has 17 heavy (non-hydrogen) atoms. The molecule has 0 spiro atoms. The summed E-state index contributed by atoms with van der Waals surface area (Å²) in [7, 11) is 0. The number of nitrogens with zero attached hydrogens (tertiary/aromatic N) is 2. The average Bonchev–Trinajstić information content (AvgIpc) is 2.38. The van der Waals surface area contributed by atoms with E-state index in [1.165, 1.54) is 18.5 Å². The van der Waals surface area contributed by atoms with Crippen LogP contribution >= 0.6 is 0 Å². The molecule has 2 rings (SSSR count). The molecule has 1 heterocycles. The van der Waals surface area contributed by atoms with Gasteiger partial charge in [-0.25, -0.2) is 0 Å². The van der Waals surface area contributed by atoms with Gasteiger partial charge in [-0.2, -0.15) is 5.26 Å². The summed E-state index contributed by atoms with van der Waals surface area (Å²) in [6, 6.07) is 9.98. The van der Waals surface area contributed by atoms with Crippen LogP contribution in [0, 0.1) is 17.2 Å². The Morgan fingerprint density at radius 2 is 1.94 bits per heavy atom. The van der Waals surface area contributed by atoms with Crippen molar-refractivity contribution in [3.05, 3.63) is 24.3 Å². The molecule has 1 aromatic rings. The van der Waals surface area contributed by atoms with Crippen LogP contribution in [0.3, 0.4) is 0 Å². The molecular weight excluding hydrogens is 212 g/mol. The fourth-order valence-corrected chi connectivity index (χ4v) is 2.14. The Labute approximate surface area is 103 Å². The molecule has 1 aliphatic rings. The molecule has 0 aromatic heterocycles. The van der Waals surface area contributed by atoms with E-state index in [4.69, 9.17) is 10.00 Å². The van der Waals surface area contributed by atoms with Crippen LogP contribution in [0.15, 0.2) is 24.3 Å². The average molecular weight is 230 g/mol. The fourth-order valence-electron chi connectivity index (χ4n) is 2.14. The number of anilines is 1. The van der Waals surface area contributed by atoms with Crippen molar-refractivity contribution in [2.75, 3.05) is 24.6 Å². The highest BCUT2D eigenvalue weighted by molar-refractivity contribution is 5.49. The maximum atomic E-state index is 8.43. The second-order valence-electron chi connectivity index (χ2n) is 4.61. The summed E-state index contributed by atoms with van der Waals surface area (Å²) in [5.74, 6) is 1.62. The predicted molar refractivity (Wildman–Crippen MR) is 68.2 cm³/mol. The quantitative estimate of drug-likeness (QED) is 0.801. The summed E-state index contributed by atoms with van der Waals surface area (Å²) in [6.07, 6.45) is 2.54. The van der Waals surface area contributed by atoms with Gasteiger partial charge in [0.2, 0.25) is 0 Å². The summed E-state index contributed by atoms with van der Waals surface area (Å²) in [4.78, 5) is 2.41. The van der Waals surface area contributed by atoms with Gasteiger partial charge in [0.1, 0.15) is 11.8 Å². The van der Waals surface area contributed by atoms with Crippen molar-refractivity contribution in [3.8, 4) is 11.8 Å². The molecular formula is C14H18N2O. The van der Waals surface area contributed by atoms with E-state index in [0.29, 0.717) is 0 Å². The topological polar surface area (TPSA) is 36.3 Å². The molecule has 0 unspecified atom stereocenters. The lowest BCUT2D eigenvalue weighted by Crippen LogP contribution is -2.32. The highest BCUT2D eigenvalue weighted by atomic mass is 16.5. The molecule has 0 atom stereocenters. The van der Waals surface area contributed by atoms with Gasteiger partial charge >= 0.3 is 0 Å². The summed E-state index contributed by atoms with van der Waals surface area (Å²) in [5, 5.41) is 8.43. The van der Waals surface area contributed by atoms with Crippen molar-refractivity contribution < 1.29 is 4.74 Å². The SMILES string of the molecule is CC1CCN(c2ccc(OCC#N)cc2)CC1. The molecule has 3 nitrogen and oxygen atoms in total. The van der Waals surface area contributed by atoms with E-state index in [9.17, 15) is 0 Å². The van der Waals surface area contributed by atoms with Gasteiger partial charge in [0, 0.05) is 18.8 Å². The van der Waals surface area contributed by atoms with Gasteiger partial charge < -0.3 is 9.64 Å². The molecule has 1 fully saturated rings. The monoisotopic (exact) mass is 230 g/mol. The lowest BCUT2D eigenvalue weighted by atomic mass is 9.99. The van der Waals surface area contributed by atoms with Crippen molar-refractivity contribution in [2.45, 2.75) is 19.8 Å². The molecule has 1 aromatic carbocycles. The zero-order valence-corrected chi connectivity index (χ0v) is 10.2. The third-order valence-electron chi connectivity index (χ3n) is 3.29. The zero-order valence-electron chi connectivity index (χ0n) is 10.2. The van der Waals surface area contributed by atoms with Gasteiger partial charge in [-0.05, 0) is 43.0 Å². The highest BCUT2D eigenvalue weighted by Crippen LogP contribution is 2.24. The minimum atomic E-state index is 0.112. The standard InChI is InChI=1S/C14H18N2O/c1-12-6-9-16(10-7-12)13-2-4-14(5-3-13)17-11-8-15/h2-5,12H,6-7,9-11H2,1H3. The minimum absolute atomic E-state index is 0.112. The molecule has 0 bridgehead atoms. The number of nitriles is 1. The van der Waals surface area contributed by atoms with Crippen LogP contribution < -0.4 is 9.64 Å². The number of hydrogen-bond acceptors (Lipinski definition) is 3. The van der Waals surface area contributed by atoms with Gasteiger partial charge in [-0.15, -0.1) is 0 Å². The van der Waals surface area contributed by atoms with Crippen molar-refractivity contribution in [3.63, 3.8) is 0 Å². The van der Waals surface area contributed by atoms with E-state index in [1.54, 1.807) is 0 Å². The van der Waals surface area contributed by atoms with Crippen LogP contribution in [0.1, 0.15) is 19.8 Å². The number of ether oxygens (including phenoxy) is 1. The van der Waals surface area contributed by atoms with Crippen LogP contribution in [0.5, 0.6) is 5.75 Å². The van der Waals surface area contributed by atoms with Gasteiger partial charge in [0.05, 0.1) is 0 Å². The third kappa shape index (κ3) is 3.13. The molecule has 0 amide bonds. The van der Waals surface area contributed by atoms with Crippen molar-refractivity contribution in [1.82, 2.24) is 0 Å². The van der Waals surface area contributed by atoms with Crippen LogP contribution in [0.25, 0.3) is 0 Å². The molecule has 0 aliphatic carbocycles. The summed E-state index contributed by atoms with van der Waals surface area (Å²) in [5.41, 5.74) is 1.25. The van der Waals surface area contributed by atoms with Crippen LogP contribution in [-0.2, 0) is 0 Å². The number of rotatable bonds is 3. The Morgan fingerprint density at radius 3 is 2.53 bits per heavy atom. The van der Waals surface area contributed by atoms with E-state index in [2.05, 4.69) is 24.0 Å². The summed E-state index contributed by atoms with van der Waals surface area (Å²) in [6.45, 7) is 4.70. The number of benzene rings is 1. The molecule has 1 aliphatic heterocycles. The predicted octanol–water partition coefficient (Wildman–Crippen LogP) is 2.83. The third-order valence-corrected chi connectivity index (χ3v) is 3.29. The van der Waals surface area contributed by atoms with Crippen LogP contribution in [0.2, 0.25) is 0 Å². The molecule has 1 saturated heterocycles. The van der Waals surface area contributed by atoms with Gasteiger partial charge in [-0.1, -0.05) is 6.92 Å². The molecule has 0 N–H and O–H groups in total. The number of piperidine rings is 1. The zero-order chi connectivity index (χ0) is 12.1. The van der Waals surface area contributed by atoms with Crippen LogP contribution in [-0.4, -0.2) is 19.7 Å². The van der Waals surface area contributed by atoms with Gasteiger partial charge in [0.15, 0.2) is 6.61 Å². The Bertz CT molecular complexity index is 386. The summed E-state index contributed by atoms with van der Waals surface area (Å²) < 4.78 is 5.23. The van der Waals surface area contributed by atoms with Crippen molar-refractivity contribution in [2.24, 2.45) is 5.92 Å². The largest absolute Gasteiger partial charge is 0.479 e. The Hall–Kier alpha value is -1.69. The first-order valence-electron chi connectivity index (χ1n) is 6.14. The van der Waals surface area contributed by atoms with Crippen LogP contribution in [0.4, 0.5) is 5.69 Å². The fraction of sp³-hybridized carbons (Fsp3) is 0.500. The molecule has 0 radical (unpaired) electrons. The maximum absolute atomic E-state index is 8.43. The normalized spacial score (nSPS) is 16.6. The summed E-state index contributed by atoms with van der Waals surface area (Å²) >= 11 is 0. The van der Waals surface area contributed by atoms with E-state index in [-0.39, 0.29) is 6.61 Å².